The van der Waals surface area contributed by atoms with E-state index in [1.807, 2.05) is 32.0 Å². The van der Waals surface area contributed by atoms with Gasteiger partial charge in [0, 0.05) is 12.2 Å². The van der Waals surface area contributed by atoms with Crippen LogP contribution in [-0.2, 0) is 0 Å². The Morgan fingerprint density at radius 2 is 1.96 bits per heavy atom. The minimum absolute atomic E-state index is 0.250. The third-order valence-electron chi connectivity index (χ3n) is 3.77. The fraction of sp³-hybridized carbons (Fsp3) is 0.389. The zero-order valence-corrected chi connectivity index (χ0v) is 14.2. The zero-order chi connectivity index (χ0) is 16.8. The van der Waals surface area contributed by atoms with Gasteiger partial charge in [0.25, 0.3) is 5.91 Å². The predicted molar refractivity (Wildman–Crippen MR) is 93.8 cm³/mol. The highest BCUT2D eigenvalue weighted by molar-refractivity contribution is 6.03. The van der Waals surface area contributed by atoms with Crippen LogP contribution in [0.5, 0.6) is 0 Å². The van der Waals surface area contributed by atoms with Crippen molar-refractivity contribution in [1.82, 2.24) is 9.97 Å². The van der Waals surface area contributed by atoms with E-state index in [1.165, 1.54) is 6.20 Å². The van der Waals surface area contributed by atoms with E-state index in [9.17, 15) is 4.79 Å². The maximum absolute atomic E-state index is 12.3. The average molecular weight is 312 g/mol. The van der Waals surface area contributed by atoms with Crippen LogP contribution in [0.4, 0.5) is 11.5 Å². The molecule has 0 unspecified atom stereocenters. The number of carbonyl (C=O) groups is 1. The van der Waals surface area contributed by atoms with Crippen LogP contribution in [0.25, 0.3) is 0 Å². The van der Waals surface area contributed by atoms with Crippen LogP contribution in [0.2, 0.25) is 0 Å². The van der Waals surface area contributed by atoms with Gasteiger partial charge in [0.05, 0.1) is 12.4 Å². The van der Waals surface area contributed by atoms with Gasteiger partial charge in [-0.2, -0.15) is 0 Å². The van der Waals surface area contributed by atoms with E-state index in [0.29, 0.717) is 17.4 Å². The van der Waals surface area contributed by atoms with Crippen LogP contribution < -0.4 is 10.6 Å². The van der Waals surface area contributed by atoms with Crippen LogP contribution in [0.3, 0.4) is 0 Å². The fourth-order valence-corrected chi connectivity index (χ4v) is 2.10. The van der Waals surface area contributed by atoms with E-state index in [2.05, 4.69) is 34.4 Å². The second kappa shape index (κ2) is 7.72. The van der Waals surface area contributed by atoms with Crippen LogP contribution in [-0.4, -0.2) is 22.4 Å². The third kappa shape index (κ3) is 4.77. The van der Waals surface area contributed by atoms with E-state index in [1.54, 1.807) is 6.20 Å². The number of aromatic nitrogens is 2. The molecule has 5 nitrogen and oxygen atoms in total. The van der Waals surface area contributed by atoms with Gasteiger partial charge in [-0.25, -0.2) is 9.97 Å². The van der Waals surface area contributed by atoms with Crippen molar-refractivity contribution in [2.24, 2.45) is 5.92 Å². The number of hydrogen-bond donors (Lipinski definition) is 2. The van der Waals surface area contributed by atoms with Crippen molar-refractivity contribution >= 4 is 17.4 Å². The highest BCUT2D eigenvalue weighted by Crippen LogP contribution is 2.18. The van der Waals surface area contributed by atoms with Gasteiger partial charge in [0.15, 0.2) is 0 Å². The number of hydrogen-bond acceptors (Lipinski definition) is 4. The summed E-state index contributed by atoms with van der Waals surface area (Å²) < 4.78 is 0. The van der Waals surface area contributed by atoms with E-state index < -0.39 is 0 Å². The van der Waals surface area contributed by atoms with Crippen molar-refractivity contribution in [3.05, 3.63) is 47.4 Å². The summed E-state index contributed by atoms with van der Waals surface area (Å²) in [5, 5.41) is 6.09. The molecule has 0 fully saturated rings. The second-order valence-electron chi connectivity index (χ2n) is 6.10. The van der Waals surface area contributed by atoms with Crippen molar-refractivity contribution in [3.63, 3.8) is 0 Å². The molecule has 0 spiro atoms. The molecule has 0 aliphatic carbocycles. The third-order valence-corrected chi connectivity index (χ3v) is 3.77. The maximum atomic E-state index is 12.3. The minimum atomic E-state index is -0.250. The first-order valence-electron chi connectivity index (χ1n) is 7.91. The van der Waals surface area contributed by atoms with E-state index in [4.69, 9.17) is 0 Å². The molecular formula is C18H24N4O. The molecule has 1 heterocycles. The molecule has 23 heavy (non-hydrogen) atoms. The smallest absolute Gasteiger partial charge is 0.275 e. The molecule has 122 valence electrons. The number of aryl methyl sites for hydroxylation is 1. The Labute approximate surface area is 137 Å². The lowest BCUT2D eigenvalue weighted by Gasteiger charge is -2.10. The van der Waals surface area contributed by atoms with Gasteiger partial charge in [-0.15, -0.1) is 0 Å². The number of rotatable bonds is 6. The highest BCUT2D eigenvalue weighted by atomic mass is 16.1. The molecule has 0 aliphatic rings. The number of amides is 1. The molecule has 0 bridgehead atoms. The van der Waals surface area contributed by atoms with Crippen molar-refractivity contribution < 1.29 is 4.79 Å². The lowest BCUT2D eigenvalue weighted by Crippen LogP contribution is -2.15. The number of nitrogens with zero attached hydrogens (tertiary/aromatic N) is 2. The molecule has 0 saturated carbocycles. The first-order chi connectivity index (χ1) is 11.0. The first-order valence-corrected chi connectivity index (χ1v) is 7.91. The molecule has 0 aliphatic heterocycles. The molecule has 0 radical (unpaired) electrons. The Hall–Kier alpha value is -2.43. The molecule has 1 aromatic heterocycles. The summed E-state index contributed by atoms with van der Waals surface area (Å²) in [7, 11) is 0. The Bertz CT molecular complexity index is 665. The highest BCUT2D eigenvalue weighted by Gasteiger charge is 2.10. The summed E-state index contributed by atoms with van der Waals surface area (Å²) in [6, 6.07) is 5.82. The topological polar surface area (TPSA) is 66.9 Å². The van der Waals surface area contributed by atoms with Crippen molar-refractivity contribution in [2.45, 2.75) is 34.1 Å². The minimum Gasteiger partial charge on any atom is -0.369 e. The SMILES string of the molecule is Cc1cccc(NC(=O)c2cnc(NCCC(C)C)cn2)c1C. The van der Waals surface area contributed by atoms with Crippen molar-refractivity contribution in [1.29, 1.82) is 0 Å². The molecular weight excluding hydrogens is 288 g/mol. The van der Waals surface area contributed by atoms with Gasteiger partial charge in [0.1, 0.15) is 11.5 Å². The Kier molecular flexibility index (Phi) is 5.68. The molecule has 2 aromatic rings. The van der Waals surface area contributed by atoms with E-state index in [0.717, 1.165) is 29.8 Å². The maximum Gasteiger partial charge on any atom is 0.275 e. The zero-order valence-electron chi connectivity index (χ0n) is 14.2. The molecule has 2 rings (SSSR count). The normalized spacial score (nSPS) is 10.7. The predicted octanol–water partition coefficient (Wildman–Crippen LogP) is 3.80. The van der Waals surface area contributed by atoms with Gasteiger partial charge >= 0.3 is 0 Å². The fourth-order valence-electron chi connectivity index (χ4n) is 2.10. The first kappa shape index (κ1) is 16.9. The molecule has 2 N–H and O–H groups in total. The Morgan fingerprint density at radius 1 is 1.17 bits per heavy atom. The monoisotopic (exact) mass is 312 g/mol. The van der Waals surface area contributed by atoms with Crippen LogP contribution in [0.1, 0.15) is 41.9 Å². The lowest BCUT2D eigenvalue weighted by molar-refractivity contribution is 0.102. The average Bonchev–Trinajstić information content (AvgIpc) is 2.52. The number of anilines is 2. The van der Waals surface area contributed by atoms with Gasteiger partial charge < -0.3 is 10.6 Å². The quantitative estimate of drug-likeness (QED) is 0.851. The summed E-state index contributed by atoms with van der Waals surface area (Å²) >= 11 is 0. The standard InChI is InChI=1S/C18H24N4O/c1-12(2)8-9-19-17-11-20-16(10-21-17)18(23)22-15-7-5-6-13(3)14(15)4/h5-7,10-12H,8-9H2,1-4H3,(H,19,21)(H,22,23). The second-order valence-corrected chi connectivity index (χ2v) is 6.10. The number of nitrogens with one attached hydrogen (secondary N) is 2. The van der Waals surface area contributed by atoms with E-state index in [-0.39, 0.29) is 5.91 Å². The number of benzene rings is 1. The van der Waals surface area contributed by atoms with Crippen LogP contribution in [0.15, 0.2) is 30.6 Å². The van der Waals surface area contributed by atoms with Crippen LogP contribution >= 0.6 is 0 Å². The van der Waals surface area contributed by atoms with Gasteiger partial charge in [0.2, 0.25) is 0 Å². The molecule has 1 amide bonds. The number of carbonyl (C=O) groups excluding carboxylic acids is 1. The Morgan fingerprint density at radius 3 is 2.61 bits per heavy atom. The van der Waals surface area contributed by atoms with Crippen molar-refractivity contribution in [2.75, 3.05) is 17.2 Å². The summed E-state index contributed by atoms with van der Waals surface area (Å²) in [6.07, 6.45) is 4.16. The summed E-state index contributed by atoms with van der Waals surface area (Å²) in [5.74, 6) is 1.08. The summed E-state index contributed by atoms with van der Waals surface area (Å²) in [5.41, 5.74) is 3.30. The van der Waals surface area contributed by atoms with E-state index >= 15 is 0 Å². The van der Waals surface area contributed by atoms with Crippen LogP contribution in [0, 0.1) is 19.8 Å². The van der Waals surface area contributed by atoms with Crippen molar-refractivity contribution in [3.8, 4) is 0 Å². The molecule has 0 atom stereocenters. The summed E-state index contributed by atoms with van der Waals surface area (Å²) in [4.78, 5) is 20.7. The molecule has 0 saturated heterocycles. The largest absolute Gasteiger partial charge is 0.369 e. The lowest BCUT2D eigenvalue weighted by atomic mass is 10.1. The molecule has 1 aromatic carbocycles. The van der Waals surface area contributed by atoms with Gasteiger partial charge in [-0.05, 0) is 43.4 Å². The Balaban J connectivity index is 1.98. The molecule has 5 heteroatoms. The van der Waals surface area contributed by atoms with Gasteiger partial charge in [-0.3, -0.25) is 4.79 Å². The summed E-state index contributed by atoms with van der Waals surface area (Å²) in [6.45, 7) is 9.20. The van der Waals surface area contributed by atoms with Gasteiger partial charge in [-0.1, -0.05) is 26.0 Å².